The molecule has 9 nitrogen and oxygen atoms in total. The van der Waals surface area contributed by atoms with Gasteiger partial charge < -0.3 is 25.0 Å². The van der Waals surface area contributed by atoms with Crippen LogP contribution < -0.4 is 10.1 Å². The molecule has 154 valence electrons. The van der Waals surface area contributed by atoms with Gasteiger partial charge in [-0.3, -0.25) is 14.5 Å². The van der Waals surface area contributed by atoms with Crippen LogP contribution in [-0.2, 0) is 9.53 Å². The van der Waals surface area contributed by atoms with E-state index in [9.17, 15) is 24.6 Å². The third kappa shape index (κ3) is 5.65. The first-order chi connectivity index (χ1) is 13.9. The van der Waals surface area contributed by atoms with Gasteiger partial charge in [-0.15, -0.1) is 0 Å². The number of nitrogens with zero attached hydrogens (tertiary/aromatic N) is 1. The average Bonchev–Trinajstić information content (AvgIpc) is 3.13. The van der Waals surface area contributed by atoms with Gasteiger partial charge in [0.2, 0.25) is 5.78 Å². The van der Waals surface area contributed by atoms with Crippen molar-refractivity contribution >= 4 is 18.1 Å². The molecule has 0 aliphatic carbocycles. The maximum Gasteiger partial charge on any atom is 0.323 e. The molecule has 29 heavy (non-hydrogen) atoms. The number of nitrogens with one attached hydrogen (secondary N) is 1. The van der Waals surface area contributed by atoms with E-state index in [2.05, 4.69) is 17.2 Å². The number of carbonyl (C=O) groups is 3. The quantitative estimate of drug-likeness (QED) is 0.202. The molecule has 1 aliphatic rings. The smallest absolute Gasteiger partial charge is 0.323 e. The van der Waals surface area contributed by atoms with Gasteiger partial charge in [-0.2, -0.15) is 0 Å². The number of rotatable bonds is 6. The number of aliphatic hydroxyl groups is 2. The van der Waals surface area contributed by atoms with Crippen molar-refractivity contribution in [3.05, 3.63) is 41.6 Å². The highest BCUT2D eigenvalue weighted by Crippen LogP contribution is 2.24. The second kappa shape index (κ2) is 10.4. The minimum atomic E-state index is -0.965. The molecule has 0 saturated carbocycles. The molecule has 1 aromatic rings. The van der Waals surface area contributed by atoms with Crippen LogP contribution in [0.4, 0.5) is 4.79 Å². The Morgan fingerprint density at radius 3 is 2.55 bits per heavy atom. The Hall–Kier alpha value is -3.19. The zero-order valence-corrected chi connectivity index (χ0v) is 16.0. The van der Waals surface area contributed by atoms with E-state index in [4.69, 9.17) is 9.47 Å². The number of hydrogen-bond donors (Lipinski definition) is 3. The summed E-state index contributed by atoms with van der Waals surface area (Å²) in [5.41, 5.74) is 0.181. The van der Waals surface area contributed by atoms with Gasteiger partial charge in [0.15, 0.2) is 6.29 Å². The topological polar surface area (TPSA) is 125 Å². The number of urea groups is 1. The van der Waals surface area contributed by atoms with Crippen LogP contribution in [0.5, 0.6) is 5.75 Å². The first kappa shape index (κ1) is 22.1. The number of hydrogen-bond acceptors (Lipinski definition) is 7. The van der Waals surface area contributed by atoms with Crippen molar-refractivity contribution < 1.29 is 34.1 Å². The zero-order valence-electron chi connectivity index (χ0n) is 16.0. The minimum absolute atomic E-state index is 0.0412. The molecule has 2 amide bonds. The molecule has 1 heterocycles. The summed E-state index contributed by atoms with van der Waals surface area (Å²) in [5, 5.41) is 21.5. The Labute approximate surface area is 167 Å². The van der Waals surface area contributed by atoms with Crippen LogP contribution >= 0.6 is 0 Å². The molecule has 2 rings (SSSR count). The van der Waals surface area contributed by atoms with Crippen molar-refractivity contribution in [2.24, 2.45) is 0 Å². The van der Waals surface area contributed by atoms with Gasteiger partial charge in [0.05, 0.1) is 25.4 Å². The molecule has 9 heteroatoms. The van der Waals surface area contributed by atoms with Gasteiger partial charge >= 0.3 is 6.03 Å². The number of amides is 2. The second-order valence-corrected chi connectivity index (χ2v) is 6.09. The number of carbonyl (C=O) groups excluding carboxylic acids is 3. The second-order valence-electron chi connectivity index (χ2n) is 6.09. The van der Waals surface area contributed by atoms with Gasteiger partial charge in [-0.25, -0.2) is 4.79 Å². The molecule has 1 aromatic carbocycles. The van der Waals surface area contributed by atoms with E-state index in [0.29, 0.717) is 17.6 Å². The first-order valence-corrected chi connectivity index (χ1v) is 8.75. The number of Topliss-reactive ketones (excluding diaryl/α,β-unsaturated/α-hetero) is 1. The highest BCUT2D eigenvalue weighted by atomic mass is 16.5. The van der Waals surface area contributed by atoms with E-state index in [1.807, 2.05) is 0 Å². The van der Waals surface area contributed by atoms with Crippen LogP contribution in [0, 0.1) is 11.8 Å². The molecular weight excluding hydrogens is 380 g/mol. The Morgan fingerprint density at radius 1 is 1.34 bits per heavy atom. The highest BCUT2D eigenvalue weighted by molar-refractivity contribution is 6.09. The molecule has 1 saturated heterocycles. The maximum absolute atomic E-state index is 12.2. The molecule has 1 aliphatic heterocycles. The number of ketones is 1. The van der Waals surface area contributed by atoms with E-state index in [1.165, 1.54) is 14.2 Å². The van der Waals surface area contributed by atoms with Crippen molar-refractivity contribution in [1.29, 1.82) is 0 Å². The lowest BCUT2D eigenvalue weighted by atomic mass is 10.1. The Bertz CT molecular complexity index is 839. The van der Waals surface area contributed by atoms with Crippen LogP contribution in [0.25, 0.3) is 0 Å². The minimum Gasteiger partial charge on any atom is -0.497 e. The molecule has 3 atom stereocenters. The predicted molar refractivity (Wildman–Crippen MR) is 102 cm³/mol. The summed E-state index contributed by atoms with van der Waals surface area (Å²) in [7, 11) is 2.89. The van der Waals surface area contributed by atoms with Crippen molar-refractivity contribution in [2.75, 3.05) is 20.8 Å². The van der Waals surface area contributed by atoms with Crippen LogP contribution in [0.1, 0.15) is 16.8 Å². The van der Waals surface area contributed by atoms with E-state index >= 15 is 0 Å². The molecule has 0 aromatic heterocycles. The number of methoxy groups -OCH3 is 1. The summed E-state index contributed by atoms with van der Waals surface area (Å²) in [4.78, 5) is 36.8. The third-order valence-electron chi connectivity index (χ3n) is 4.22. The standard InChI is InChI=1S/C20H22N2O7/c1-21-20(27)22(19-9-17(26)18(12-24)29-19)10-13(11-23)3-8-16(25)14-4-6-15(28-2)7-5-14/h4-7,10-11,17-19,24,26H,9,12H2,1-2H3,(H,21,27)/b13-10-/t17-,18+,19+/m0/s1. The average molecular weight is 402 g/mol. The normalized spacial score (nSPS) is 21.0. The highest BCUT2D eigenvalue weighted by Gasteiger charge is 2.38. The Morgan fingerprint density at radius 2 is 2.03 bits per heavy atom. The lowest BCUT2D eigenvalue weighted by Gasteiger charge is -2.24. The first-order valence-electron chi connectivity index (χ1n) is 8.75. The number of ether oxygens (including phenoxy) is 2. The molecule has 0 bridgehead atoms. The summed E-state index contributed by atoms with van der Waals surface area (Å²) in [6.45, 7) is -0.417. The Balaban J connectivity index is 2.22. The molecule has 0 radical (unpaired) electrons. The largest absolute Gasteiger partial charge is 0.497 e. The van der Waals surface area contributed by atoms with Crippen LogP contribution in [0.2, 0.25) is 0 Å². The molecule has 0 unspecified atom stereocenters. The molecule has 3 N–H and O–H groups in total. The summed E-state index contributed by atoms with van der Waals surface area (Å²) < 4.78 is 10.5. The predicted octanol–water partition coefficient (Wildman–Crippen LogP) is 0.0737. The Kier molecular flexibility index (Phi) is 7.91. The summed E-state index contributed by atoms with van der Waals surface area (Å²) in [6.07, 6.45) is -1.14. The van der Waals surface area contributed by atoms with E-state index in [-0.39, 0.29) is 12.0 Å². The van der Waals surface area contributed by atoms with Crippen molar-refractivity contribution in [3.63, 3.8) is 0 Å². The van der Waals surface area contributed by atoms with E-state index in [1.54, 1.807) is 24.3 Å². The lowest BCUT2D eigenvalue weighted by Crippen LogP contribution is -2.42. The summed E-state index contributed by atoms with van der Waals surface area (Å²) >= 11 is 0. The van der Waals surface area contributed by atoms with E-state index < -0.39 is 36.9 Å². The number of aldehydes is 1. The maximum atomic E-state index is 12.2. The SMILES string of the molecule is CNC(=O)N(/C=C(/C#CC(=O)c1ccc(OC)cc1)C=O)[C@H]1C[C@H](O)[C@@H](CO)O1. The number of allylic oxidation sites excluding steroid dienone is 1. The molecule has 0 spiro atoms. The fraction of sp³-hybridized carbons (Fsp3) is 0.350. The van der Waals surface area contributed by atoms with Crippen molar-refractivity contribution in [3.8, 4) is 17.6 Å². The fourth-order valence-corrected chi connectivity index (χ4v) is 2.64. The fourth-order valence-electron chi connectivity index (χ4n) is 2.64. The van der Waals surface area contributed by atoms with E-state index in [0.717, 1.165) is 11.1 Å². The monoisotopic (exact) mass is 402 g/mol. The molecule has 1 fully saturated rings. The van der Waals surface area contributed by atoms with Crippen LogP contribution in [0.3, 0.4) is 0 Å². The zero-order chi connectivity index (χ0) is 21.4. The lowest BCUT2D eigenvalue weighted by molar-refractivity contribution is -0.104. The summed E-state index contributed by atoms with van der Waals surface area (Å²) in [6, 6.07) is 5.70. The number of aliphatic hydroxyl groups excluding tert-OH is 2. The van der Waals surface area contributed by atoms with Crippen LogP contribution in [-0.4, -0.2) is 72.4 Å². The molecular formula is C20H22N2O7. The van der Waals surface area contributed by atoms with Gasteiger partial charge in [0, 0.05) is 25.2 Å². The summed E-state index contributed by atoms with van der Waals surface area (Å²) in [5.74, 6) is 4.86. The van der Waals surface area contributed by atoms with Gasteiger partial charge in [-0.1, -0.05) is 5.92 Å². The van der Waals surface area contributed by atoms with Crippen molar-refractivity contribution in [2.45, 2.75) is 24.9 Å². The van der Waals surface area contributed by atoms with Gasteiger partial charge in [0.25, 0.3) is 0 Å². The van der Waals surface area contributed by atoms with Crippen LogP contribution in [0.15, 0.2) is 36.0 Å². The van der Waals surface area contributed by atoms with Gasteiger partial charge in [0.1, 0.15) is 18.1 Å². The van der Waals surface area contributed by atoms with Crippen molar-refractivity contribution in [1.82, 2.24) is 10.2 Å². The number of benzene rings is 1. The van der Waals surface area contributed by atoms with Gasteiger partial charge in [-0.05, 0) is 30.2 Å². The third-order valence-corrected chi connectivity index (χ3v) is 4.22.